The molecule has 0 saturated heterocycles. The maximum atomic E-state index is 5.65. The highest BCUT2D eigenvalue weighted by Crippen LogP contribution is 2.20. The van der Waals surface area contributed by atoms with E-state index in [4.69, 9.17) is 15.2 Å². The number of nitrogens with two attached hydrogens (primary N) is 1. The Morgan fingerprint density at radius 1 is 0.833 bits per heavy atom. The molecular weight excluding hydrogens is 226 g/mol. The van der Waals surface area contributed by atoms with E-state index >= 15 is 0 Å². The molecule has 0 bridgehead atoms. The van der Waals surface area contributed by atoms with Crippen molar-refractivity contribution in [2.45, 2.75) is 71.0 Å². The van der Waals surface area contributed by atoms with Crippen LogP contribution < -0.4 is 5.73 Å². The van der Waals surface area contributed by atoms with Crippen molar-refractivity contribution < 1.29 is 9.47 Å². The monoisotopic (exact) mass is 259 g/mol. The van der Waals surface area contributed by atoms with Gasteiger partial charge in [-0.1, -0.05) is 51.9 Å². The van der Waals surface area contributed by atoms with Gasteiger partial charge in [-0.25, -0.2) is 0 Å². The van der Waals surface area contributed by atoms with Gasteiger partial charge in [0, 0.05) is 20.1 Å². The van der Waals surface area contributed by atoms with Crippen molar-refractivity contribution in [3.63, 3.8) is 0 Å². The second kappa shape index (κ2) is 13.3. The zero-order valence-electron chi connectivity index (χ0n) is 12.6. The average Bonchev–Trinajstić information content (AvgIpc) is 2.39. The van der Waals surface area contributed by atoms with Gasteiger partial charge in [0.2, 0.25) is 0 Å². The van der Waals surface area contributed by atoms with E-state index in [9.17, 15) is 0 Å². The van der Waals surface area contributed by atoms with Gasteiger partial charge in [-0.15, -0.1) is 0 Å². The Morgan fingerprint density at radius 2 is 1.39 bits per heavy atom. The van der Waals surface area contributed by atoms with Gasteiger partial charge in [0.15, 0.2) is 6.29 Å². The van der Waals surface area contributed by atoms with Crippen LogP contribution in [0.3, 0.4) is 0 Å². The largest absolute Gasteiger partial charge is 0.356 e. The standard InChI is InChI=1S/C15H33NO2/c1-4-5-6-7-8-9-10-11-14(12-13-16)15(17-2)18-3/h14-15H,4-13,16H2,1-3H3. The molecule has 1 atom stereocenters. The maximum absolute atomic E-state index is 5.65. The predicted octanol–water partition coefficient (Wildman–Crippen LogP) is 3.71. The van der Waals surface area contributed by atoms with Crippen LogP contribution in [-0.4, -0.2) is 27.1 Å². The van der Waals surface area contributed by atoms with Crippen LogP contribution in [0.4, 0.5) is 0 Å². The van der Waals surface area contributed by atoms with Crippen LogP contribution in [0.15, 0.2) is 0 Å². The third-order valence-corrected chi connectivity index (χ3v) is 3.57. The van der Waals surface area contributed by atoms with E-state index in [0.717, 1.165) is 12.8 Å². The molecule has 0 fully saturated rings. The van der Waals surface area contributed by atoms with E-state index in [1.165, 1.54) is 44.9 Å². The Balaban J connectivity index is 3.63. The Bertz CT molecular complexity index is 161. The first-order chi connectivity index (χ1) is 8.79. The molecule has 0 amide bonds. The quantitative estimate of drug-likeness (QED) is 0.405. The van der Waals surface area contributed by atoms with Crippen LogP contribution in [0.2, 0.25) is 0 Å². The molecule has 0 heterocycles. The van der Waals surface area contributed by atoms with Crippen LogP contribution in [0.5, 0.6) is 0 Å². The average molecular weight is 259 g/mol. The number of unbranched alkanes of at least 4 members (excludes halogenated alkanes) is 6. The fourth-order valence-electron chi connectivity index (χ4n) is 2.48. The number of rotatable bonds is 13. The first-order valence-electron chi connectivity index (χ1n) is 7.55. The molecule has 0 aliphatic rings. The molecule has 18 heavy (non-hydrogen) atoms. The van der Waals surface area contributed by atoms with Crippen molar-refractivity contribution in [1.29, 1.82) is 0 Å². The summed E-state index contributed by atoms with van der Waals surface area (Å²) in [6, 6.07) is 0. The molecule has 0 rings (SSSR count). The highest BCUT2D eigenvalue weighted by Gasteiger charge is 2.19. The fourth-order valence-corrected chi connectivity index (χ4v) is 2.48. The minimum Gasteiger partial charge on any atom is -0.356 e. The van der Waals surface area contributed by atoms with Crippen molar-refractivity contribution in [2.24, 2.45) is 11.7 Å². The lowest BCUT2D eigenvalue weighted by Gasteiger charge is -2.24. The predicted molar refractivity (Wildman–Crippen MR) is 77.6 cm³/mol. The van der Waals surface area contributed by atoms with E-state index in [1.54, 1.807) is 14.2 Å². The van der Waals surface area contributed by atoms with Gasteiger partial charge in [-0.3, -0.25) is 0 Å². The van der Waals surface area contributed by atoms with Crippen LogP contribution in [0, 0.1) is 5.92 Å². The van der Waals surface area contributed by atoms with Gasteiger partial charge in [-0.05, 0) is 19.4 Å². The summed E-state index contributed by atoms with van der Waals surface area (Å²) in [5, 5.41) is 0. The molecule has 0 aliphatic heterocycles. The lowest BCUT2D eigenvalue weighted by atomic mass is 9.96. The zero-order valence-corrected chi connectivity index (χ0v) is 12.6. The van der Waals surface area contributed by atoms with E-state index in [-0.39, 0.29) is 6.29 Å². The molecule has 3 heteroatoms. The lowest BCUT2D eigenvalue weighted by Crippen LogP contribution is -2.27. The third-order valence-electron chi connectivity index (χ3n) is 3.57. The summed E-state index contributed by atoms with van der Waals surface area (Å²) < 4.78 is 10.7. The number of methoxy groups -OCH3 is 2. The van der Waals surface area contributed by atoms with Gasteiger partial charge in [0.1, 0.15) is 0 Å². The normalized spacial score (nSPS) is 13.2. The summed E-state index contributed by atoms with van der Waals surface area (Å²) in [6.45, 7) is 2.97. The molecule has 0 aliphatic carbocycles. The Morgan fingerprint density at radius 3 is 1.89 bits per heavy atom. The molecule has 1 unspecified atom stereocenters. The minimum absolute atomic E-state index is 0.0892. The van der Waals surface area contributed by atoms with E-state index in [1.807, 2.05) is 0 Å². The molecule has 3 nitrogen and oxygen atoms in total. The molecule has 110 valence electrons. The molecule has 2 N–H and O–H groups in total. The van der Waals surface area contributed by atoms with Gasteiger partial charge < -0.3 is 15.2 Å². The number of hydrogen-bond donors (Lipinski definition) is 1. The summed E-state index contributed by atoms with van der Waals surface area (Å²) >= 11 is 0. The number of ether oxygens (including phenoxy) is 2. The molecule has 0 aromatic rings. The van der Waals surface area contributed by atoms with Gasteiger partial charge in [0.25, 0.3) is 0 Å². The highest BCUT2D eigenvalue weighted by molar-refractivity contribution is 4.64. The highest BCUT2D eigenvalue weighted by atomic mass is 16.7. The van der Waals surface area contributed by atoms with Crippen LogP contribution >= 0.6 is 0 Å². The van der Waals surface area contributed by atoms with Crippen molar-refractivity contribution in [3.05, 3.63) is 0 Å². The molecule has 0 aromatic carbocycles. The zero-order chi connectivity index (χ0) is 13.6. The fraction of sp³-hybridized carbons (Fsp3) is 1.00. The van der Waals surface area contributed by atoms with Crippen LogP contribution in [0.25, 0.3) is 0 Å². The molecule has 0 aromatic heterocycles. The van der Waals surface area contributed by atoms with Crippen molar-refractivity contribution >= 4 is 0 Å². The summed E-state index contributed by atoms with van der Waals surface area (Å²) in [7, 11) is 3.42. The Labute approximate surface area is 113 Å². The van der Waals surface area contributed by atoms with Crippen molar-refractivity contribution in [2.75, 3.05) is 20.8 Å². The van der Waals surface area contributed by atoms with Crippen molar-refractivity contribution in [3.8, 4) is 0 Å². The first kappa shape index (κ1) is 17.9. The van der Waals surface area contributed by atoms with Gasteiger partial charge in [-0.2, -0.15) is 0 Å². The molecular formula is C15H33NO2. The molecule has 0 radical (unpaired) electrons. The van der Waals surface area contributed by atoms with Crippen LogP contribution in [-0.2, 0) is 9.47 Å². The van der Waals surface area contributed by atoms with Gasteiger partial charge in [0.05, 0.1) is 0 Å². The summed E-state index contributed by atoms with van der Waals surface area (Å²) in [5.74, 6) is 0.445. The third kappa shape index (κ3) is 8.90. The number of hydrogen-bond acceptors (Lipinski definition) is 3. The topological polar surface area (TPSA) is 44.5 Å². The second-order valence-electron chi connectivity index (χ2n) is 5.09. The lowest BCUT2D eigenvalue weighted by molar-refractivity contribution is -0.140. The van der Waals surface area contributed by atoms with E-state index < -0.39 is 0 Å². The van der Waals surface area contributed by atoms with E-state index in [2.05, 4.69) is 6.92 Å². The minimum atomic E-state index is -0.0892. The molecule has 0 saturated carbocycles. The maximum Gasteiger partial charge on any atom is 0.159 e. The van der Waals surface area contributed by atoms with Gasteiger partial charge >= 0.3 is 0 Å². The Hall–Kier alpha value is -0.120. The second-order valence-corrected chi connectivity index (χ2v) is 5.09. The first-order valence-corrected chi connectivity index (χ1v) is 7.55. The summed E-state index contributed by atoms with van der Waals surface area (Å²) in [6.07, 6.45) is 11.5. The molecule has 0 spiro atoms. The smallest absolute Gasteiger partial charge is 0.159 e. The van der Waals surface area contributed by atoms with E-state index in [0.29, 0.717) is 12.5 Å². The summed E-state index contributed by atoms with van der Waals surface area (Å²) in [5.41, 5.74) is 5.65. The van der Waals surface area contributed by atoms with Crippen LogP contribution in [0.1, 0.15) is 64.7 Å². The summed E-state index contributed by atoms with van der Waals surface area (Å²) in [4.78, 5) is 0. The Kier molecular flexibility index (Phi) is 13.2. The van der Waals surface area contributed by atoms with Crippen molar-refractivity contribution in [1.82, 2.24) is 0 Å². The SMILES string of the molecule is CCCCCCCCCC(CCN)C(OC)OC.